The van der Waals surface area contributed by atoms with E-state index in [0.717, 1.165) is 23.5 Å². The van der Waals surface area contributed by atoms with Crippen molar-refractivity contribution in [2.24, 2.45) is 0 Å². The lowest BCUT2D eigenvalue weighted by Gasteiger charge is -2.42. The summed E-state index contributed by atoms with van der Waals surface area (Å²) in [6, 6.07) is 0.818. The normalized spacial score (nSPS) is 18.8. The Bertz CT molecular complexity index is 236. The molecule has 1 saturated carbocycles. The molecule has 110 valence electrons. The van der Waals surface area contributed by atoms with Gasteiger partial charge >= 0.3 is 0 Å². The molecule has 0 saturated heterocycles. The molecule has 0 radical (unpaired) electrons. The minimum absolute atomic E-state index is 0. The quantitative estimate of drug-likeness (QED) is 0.544. The molecule has 1 rings (SSSR count). The molecule has 0 bridgehead atoms. The summed E-state index contributed by atoms with van der Waals surface area (Å²) in [6.45, 7) is 5.31. The average molecular weight is 318 g/mol. The molecular weight excluding hydrogens is 291 g/mol. The molecule has 0 aliphatic heterocycles. The summed E-state index contributed by atoms with van der Waals surface area (Å²) in [5, 5.41) is 0. The third-order valence-corrected chi connectivity index (χ3v) is 5.24. The molecule has 0 atom stereocenters. The zero-order valence-electron chi connectivity index (χ0n) is 12.1. The number of hydrogen-bond donors (Lipinski definition) is 0. The van der Waals surface area contributed by atoms with Crippen LogP contribution in [0.3, 0.4) is 0 Å². The highest BCUT2D eigenvalue weighted by molar-refractivity contribution is 6.34. The van der Waals surface area contributed by atoms with Gasteiger partial charge in [-0.05, 0) is 63.1 Å². The Kier molecular flexibility index (Phi) is 7.87. The third-order valence-electron chi connectivity index (χ3n) is 4.32. The molecule has 2 nitrogen and oxygen atoms in total. The Hall–Kier alpha value is 0.790. The summed E-state index contributed by atoms with van der Waals surface area (Å²) >= 11 is 11.8. The van der Waals surface area contributed by atoms with Crippen LogP contribution in [0.4, 0.5) is 0 Å². The largest absolute Gasteiger partial charge is 1.00 e. The average Bonchev–Trinajstić information content (AvgIpc) is 2.28. The Morgan fingerprint density at radius 3 is 2.06 bits per heavy atom. The van der Waals surface area contributed by atoms with Crippen molar-refractivity contribution in [2.45, 2.75) is 64.0 Å². The first kappa shape index (κ1) is 18.8. The monoisotopic (exact) mass is 316 g/mol. The summed E-state index contributed by atoms with van der Waals surface area (Å²) in [7, 11) is 4.69. The second kappa shape index (κ2) is 7.54. The zero-order valence-corrected chi connectivity index (χ0v) is 14.3. The van der Waals surface area contributed by atoms with E-state index in [0.29, 0.717) is 0 Å². The first-order valence-electron chi connectivity index (χ1n) is 6.70. The first-order chi connectivity index (χ1) is 7.76. The van der Waals surface area contributed by atoms with Crippen molar-refractivity contribution in [1.82, 2.24) is 3.94 Å². The van der Waals surface area contributed by atoms with Crippen LogP contribution in [0.2, 0.25) is 0 Å². The molecule has 1 aliphatic carbocycles. The molecule has 0 aromatic carbocycles. The van der Waals surface area contributed by atoms with E-state index in [-0.39, 0.29) is 17.9 Å². The van der Waals surface area contributed by atoms with Crippen LogP contribution in [0, 0.1) is 0 Å². The fourth-order valence-electron chi connectivity index (χ4n) is 2.61. The van der Waals surface area contributed by atoms with Gasteiger partial charge in [-0.3, -0.25) is 0 Å². The van der Waals surface area contributed by atoms with Crippen molar-refractivity contribution in [3.05, 3.63) is 0 Å². The van der Waals surface area contributed by atoms with E-state index in [4.69, 9.17) is 23.6 Å². The number of nitrogens with zero attached hydrogens (tertiary/aromatic N) is 2. The lowest BCUT2D eigenvalue weighted by Crippen LogP contribution is -3.00. The smallest absolute Gasteiger partial charge is 0.0886 e. The summed E-state index contributed by atoms with van der Waals surface area (Å²) in [5.74, 6) is 0. The Labute approximate surface area is 129 Å². The minimum Gasteiger partial charge on any atom is -1.00 e. The summed E-state index contributed by atoms with van der Waals surface area (Å²) < 4.78 is 2.40. The van der Waals surface area contributed by atoms with E-state index < -0.39 is 0 Å². The van der Waals surface area contributed by atoms with Gasteiger partial charge in [0.15, 0.2) is 0 Å². The van der Waals surface area contributed by atoms with Gasteiger partial charge in [0, 0.05) is 6.42 Å². The molecule has 1 aliphatic rings. The van der Waals surface area contributed by atoms with Gasteiger partial charge in [-0.2, -0.15) is 0 Å². The lowest BCUT2D eigenvalue weighted by molar-refractivity contribution is -0.917. The SMILES string of the molecule is CC(C)(CC[N+](C)(C)C1CCCCC1)N(Cl)Cl.[Cl-]. The first-order valence-corrected chi connectivity index (χ1v) is 7.38. The Morgan fingerprint density at radius 1 is 1.11 bits per heavy atom. The molecule has 0 amide bonds. The van der Waals surface area contributed by atoms with Gasteiger partial charge in [0.1, 0.15) is 0 Å². The lowest BCUT2D eigenvalue weighted by atomic mass is 9.92. The number of hydrogen-bond acceptors (Lipinski definition) is 1. The second-order valence-electron chi connectivity index (χ2n) is 6.59. The highest BCUT2D eigenvalue weighted by Gasteiger charge is 2.33. The molecule has 1 fully saturated rings. The van der Waals surface area contributed by atoms with Crippen LogP contribution in [0.5, 0.6) is 0 Å². The van der Waals surface area contributed by atoms with Gasteiger partial charge in [0.05, 0.1) is 32.2 Å². The second-order valence-corrected chi connectivity index (χ2v) is 7.44. The van der Waals surface area contributed by atoms with Crippen LogP contribution in [0.1, 0.15) is 52.4 Å². The van der Waals surface area contributed by atoms with E-state index >= 15 is 0 Å². The van der Waals surface area contributed by atoms with Crippen molar-refractivity contribution >= 4 is 23.6 Å². The summed E-state index contributed by atoms with van der Waals surface area (Å²) in [5.41, 5.74) is -0.146. The third kappa shape index (κ3) is 5.42. The maximum atomic E-state index is 5.88. The van der Waals surface area contributed by atoms with Crippen molar-refractivity contribution in [2.75, 3.05) is 20.6 Å². The Morgan fingerprint density at radius 2 is 1.61 bits per heavy atom. The molecule has 5 heteroatoms. The van der Waals surface area contributed by atoms with E-state index in [1.165, 1.54) is 36.0 Å². The van der Waals surface area contributed by atoms with Gasteiger partial charge in [0.2, 0.25) is 0 Å². The predicted octanol–water partition coefficient (Wildman–Crippen LogP) is 1.18. The van der Waals surface area contributed by atoms with Crippen molar-refractivity contribution < 1.29 is 16.9 Å². The van der Waals surface area contributed by atoms with Crippen LogP contribution in [-0.2, 0) is 0 Å². The van der Waals surface area contributed by atoms with Crippen LogP contribution < -0.4 is 12.4 Å². The van der Waals surface area contributed by atoms with E-state index in [9.17, 15) is 0 Å². The van der Waals surface area contributed by atoms with E-state index in [1.807, 2.05) is 0 Å². The van der Waals surface area contributed by atoms with Crippen LogP contribution in [0.25, 0.3) is 0 Å². The van der Waals surface area contributed by atoms with E-state index in [1.54, 1.807) is 0 Å². The minimum atomic E-state index is -0.146. The maximum absolute atomic E-state index is 5.88. The number of rotatable bonds is 5. The Balaban J connectivity index is 0.00000289. The van der Waals surface area contributed by atoms with Crippen LogP contribution in [0.15, 0.2) is 0 Å². The fraction of sp³-hybridized carbons (Fsp3) is 1.00. The molecular formula is C13H27Cl3N2. The number of halogens is 3. The van der Waals surface area contributed by atoms with Gasteiger partial charge in [-0.15, -0.1) is 3.94 Å². The van der Waals surface area contributed by atoms with Gasteiger partial charge < -0.3 is 16.9 Å². The fourth-order valence-corrected chi connectivity index (χ4v) is 2.78. The predicted molar refractivity (Wildman–Crippen MR) is 76.1 cm³/mol. The standard InChI is InChI=1S/C13H27Cl2N2.ClH/c1-13(2,16(14)15)10-11-17(3,4)12-8-6-5-7-9-12;/h12H,5-11H2,1-4H3;1H/q+1;/p-1. The zero-order chi connectivity index (χ0) is 13.1. The highest BCUT2D eigenvalue weighted by Crippen LogP contribution is 2.29. The van der Waals surface area contributed by atoms with Crippen LogP contribution in [-0.4, -0.2) is 40.6 Å². The molecule has 0 heterocycles. The molecule has 0 aromatic heterocycles. The summed E-state index contributed by atoms with van der Waals surface area (Å²) in [4.78, 5) is 0. The van der Waals surface area contributed by atoms with Crippen LogP contribution >= 0.6 is 23.6 Å². The van der Waals surface area contributed by atoms with Gasteiger partial charge in [0.25, 0.3) is 0 Å². The number of quaternary nitrogens is 1. The highest BCUT2D eigenvalue weighted by atomic mass is 35.5. The van der Waals surface area contributed by atoms with Crippen molar-refractivity contribution in [1.29, 1.82) is 0 Å². The summed E-state index contributed by atoms with van der Waals surface area (Å²) in [6.07, 6.45) is 7.97. The molecule has 18 heavy (non-hydrogen) atoms. The topological polar surface area (TPSA) is 3.24 Å². The van der Waals surface area contributed by atoms with Gasteiger partial charge in [-0.1, -0.05) is 6.42 Å². The molecule has 0 aromatic rings. The van der Waals surface area contributed by atoms with E-state index in [2.05, 4.69) is 27.9 Å². The maximum Gasteiger partial charge on any atom is 0.0886 e. The molecule has 0 N–H and O–H groups in total. The molecule has 0 spiro atoms. The van der Waals surface area contributed by atoms with Crippen molar-refractivity contribution in [3.63, 3.8) is 0 Å². The van der Waals surface area contributed by atoms with Crippen molar-refractivity contribution in [3.8, 4) is 0 Å². The molecule has 0 unspecified atom stereocenters. The van der Waals surface area contributed by atoms with Gasteiger partial charge in [-0.25, -0.2) is 0 Å².